The minimum Gasteiger partial charge on any atom is -0.497 e. The third kappa shape index (κ3) is 6.96. The number of hydrogen-bond donors (Lipinski definition) is 2. The number of hydrogen-bond acceptors (Lipinski definition) is 10. The maximum Gasteiger partial charge on any atom is 0.318 e. The van der Waals surface area contributed by atoms with Crippen molar-refractivity contribution in [3.8, 4) is 22.2 Å². The fourth-order valence-electron chi connectivity index (χ4n) is 6.97. The van der Waals surface area contributed by atoms with E-state index in [0.29, 0.717) is 48.5 Å². The number of rotatable bonds is 8. The lowest BCUT2D eigenvalue weighted by atomic mass is 9.91. The first kappa shape index (κ1) is 34.4. The molecule has 4 heterocycles. The first-order valence-electron chi connectivity index (χ1n) is 17.4. The van der Waals surface area contributed by atoms with Gasteiger partial charge in [-0.1, -0.05) is 26.0 Å². The second-order valence-electron chi connectivity index (χ2n) is 14.2. The van der Waals surface area contributed by atoms with Crippen LogP contribution in [0.4, 0.5) is 4.79 Å². The van der Waals surface area contributed by atoms with E-state index in [2.05, 4.69) is 23.9 Å². The van der Waals surface area contributed by atoms with Crippen LogP contribution in [0.5, 0.6) is 11.5 Å². The van der Waals surface area contributed by atoms with Crippen molar-refractivity contribution in [1.82, 2.24) is 24.9 Å². The number of methoxy groups -OCH3 is 1. The Morgan fingerprint density at radius 1 is 1.16 bits per heavy atom. The van der Waals surface area contributed by atoms with Crippen molar-refractivity contribution < 1.29 is 32.3 Å². The SMILES string of the molecule is COc1ccc2c(O[C@@H]3C[C@H]4C(=O)C[C@]5(C(=O)NS(=O)(=O)C6CC6)C[C@H]5/C=C\CCCCNC(=O)N4C3)cc(-c3nc(C(C)C)cs3)nc2c1. The van der Waals surface area contributed by atoms with Crippen molar-refractivity contribution in [2.45, 2.75) is 88.5 Å². The minimum absolute atomic E-state index is 0.158. The van der Waals surface area contributed by atoms with E-state index >= 15 is 0 Å². The van der Waals surface area contributed by atoms with Gasteiger partial charge in [-0.05, 0) is 62.5 Å². The topological polar surface area (TPSA) is 157 Å². The van der Waals surface area contributed by atoms with Crippen molar-refractivity contribution in [3.63, 3.8) is 0 Å². The number of fused-ring (bicyclic) bond motifs is 3. The number of thiazole rings is 1. The van der Waals surface area contributed by atoms with Gasteiger partial charge >= 0.3 is 6.03 Å². The van der Waals surface area contributed by atoms with Crippen LogP contribution in [0.2, 0.25) is 0 Å². The van der Waals surface area contributed by atoms with Gasteiger partial charge in [0, 0.05) is 42.3 Å². The summed E-state index contributed by atoms with van der Waals surface area (Å²) < 4.78 is 39.9. The van der Waals surface area contributed by atoms with E-state index in [1.54, 1.807) is 7.11 Å². The van der Waals surface area contributed by atoms with Crippen LogP contribution in [0.25, 0.3) is 21.6 Å². The lowest BCUT2D eigenvalue weighted by molar-refractivity contribution is -0.131. The van der Waals surface area contributed by atoms with Crippen molar-refractivity contribution in [2.75, 3.05) is 20.2 Å². The number of urea groups is 1. The molecule has 1 aromatic carbocycles. The number of nitrogens with zero attached hydrogens (tertiary/aromatic N) is 3. The van der Waals surface area contributed by atoms with Crippen LogP contribution >= 0.6 is 11.3 Å². The molecule has 0 bridgehead atoms. The number of carbonyl (C=O) groups is 3. The Hall–Kier alpha value is -4.04. The van der Waals surface area contributed by atoms with Gasteiger partial charge in [-0.3, -0.25) is 14.3 Å². The van der Waals surface area contributed by atoms with Crippen molar-refractivity contribution in [2.24, 2.45) is 11.3 Å². The van der Waals surface area contributed by atoms with Gasteiger partial charge < -0.3 is 19.7 Å². The number of pyridine rings is 1. The molecular formula is C36H43N5O7S2. The predicted molar refractivity (Wildman–Crippen MR) is 190 cm³/mol. The summed E-state index contributed by atoms with van der Waals surface area (Å²) in [4.78, 5) is 52.6. The molecule has 14 heteroatoms. The van der Waals surface area contributed by atoms with Gasteiger partial charge in [0.15, 0.2) is 5.78 Å². The lowest BCUT2D eigenvalue weighted by Gasteiger charge is -2.25. The molecule has 0 radical (unpaired) electrons. The Bertz CT molecular complexity index is 1960. The van der Waals surface area contributed by atoms with E-state index in [1.165, 1.54) is 16.2 Å². The number of aromatic nitrogens is 2. The molecule has 7 rings (SSSR count). The zero-order chi connectivity index (χ0) is 35.2. The third-order valence-electron chi connectivity index (χ3n) is 10.2. The highest BCUT2D eigenvalue weighted by Crippen LogP contribution is 2.57. The maximum atomic E-state index is 14.2. The lowest BCUT2D eigenvalue weighted by Crippen LogP contribution is -2.48. The summed E-state index contributed by atoms with van der Waals surface area (Å²) in [6, 6.07) is 6.19. The standard InChI is InChI=1S/C36H43N5O7S2/c1-21(2)29-20-49-33(39-29)28-16-32(26-12-9-23(47-3)14-27(26)38-28)48-24-15-30-31(42)18-36(34(43)40-50(45,46)25-10-11-25)17-22(36)8-6-4-5-7-13-37-35(44)41(30)19-24/h6,8-9,12,14,16,20-22,24-25,30H,4-5,7,10-11,13,15,17-19H2,1-3H3,(H,37,44)(H,40,43)/b8-6-/t22-,24-,30+,36-/m1/s1. The van der Waals surface area contributed by atoms with Gasteiger partial charge in [0.05, 0.1) is 41.6 Å². The molecule has 0 spiro atoms. The molecule has 1 saturated heterocycles. The van der Waals surface area contributed by atoms with E-state index in [-0.39, 0.29) is 43.0 Å². The molecule has 50 heavy (non-hydrogen) atoms. The van der Waals surface area contributed by atoms with Gasteiger partial charge in [-0.15, -0.1) is 11.3 Å². The molecule has 3 fully saturated rings. The normalized spacial score (nSPS) is 26.5. The molecule has 2 N–H and O–H groups in total. The molecule has 2 aliphatic heterocycles. The van der Waals surface area contributed by atoms with E-state index in [9.17, 15) is 22.8 Å². The fourth-order valence-corrected chi connectivity index (χ4v) is 9.29. The second-order valence-corrected chi connectivity index (χ2v) is 17.0. The number of allylic oxidation sites excluding steroid dienone is 2. The second kappa shape index (κ2) is 13.6. The van der Waals surface area contributed by atoms with Crippen molar-refractivity contribution >= 4 is 50.0 Å². The molecule has 3 amide bonds. The predicted octanol–water partition coefficient (Wildman–Crippen LogP) is 5.34. The monoisotopic (exact) mass is 721 g/mol. The number of ketones is 1. The highest BCUT2D eigenvalue weighted by atomic mass is 32.2. The maximum absolute atomic E-state index is 14.2. The van der Waals surface area contributed by atoms with Gasteiger partial charge in [-0.25, -0.2) is 23.2 Å². The Balaban J connectivity index is 1.18. The summed E-state index contributed by atoms with van der Waals surface area (Å²) in [5.74, 6) is 0.286. The zero-order valence-electron chi connectivity index (χ0n) is 28.5. The number of carbonyl (C=O) groups excluding carboxylic acids is 3. The number of nitrogens with one attached hydrogen (secondary N) is 2. The highest BCUT2D eigenvalue weighted by molar-refractivity contribution is 7.90. The molecule has 266 valence electrons. The summed E-state index contributed by atoms with van der Waals surface area (Å²) >= 11 is 1.51. The third-order valence-corrected chi connectivity index (χ3v) is 12.9. The first-order chi connectivity index (χ1) is 24.0. The summed E-state index contributed by atoms with van der Waals surface area (Å²) in [6.45, 7) is 4.80. The number of sulfonamides is 1. The molecule has 2 aliphatic carbocycles. The van der Waals surface area contributed by atoms with Crippen LogP contribution in [-0.4, -0.2) is 78.6 Å². The highest BCUT2D eigenvalue weighted by Gasteiger charge is 2.61. The molecule has 3 aromatic rings. The largest absolute Gasteiger partial charge is 0.497 e. The Morgan fingerprint density at radius 3 is 2.72 bits per heavy atom. The van der Waals surface area contributed by atoms with E-state index in [4.69, 9.17) is 19.4 Å². The van der Waals surface area contributed by atoms with Crippen LogP contribution in [0.15, 0.2) is 41.8 Å². The smallest absolute Gasteiger partial charge is 0.318 e. The van der Waals surface area contributed by atoms with Gasteiger partial charge in [-0.2, -0.15) is 0 Å². The summed E-state index contributed by atoms with van der Waals surface area (Å²) in [5, 5.41) is 5.93. The number of benzene rings is 1. The minimum atomic E-state index is -3.79. The van der Waals surface area contributed by atoms with Gasteiger partial charge in [0.2, 0.25) is 15.9 Å². The van der Waals surface area contributed by atoms with Crippen molar-refractivity contribution in [3.05, 3.63) is 47.5 Å². The van der Waals surface area contributed by atoms with Crippen LogP contribution in [-0.2, 0) is 19.6 Å². The molecule has 2 aromatic heterocycles. The van der Waals surface area contributed by atoms with Crippen LogP contribution in [0.3, 0.4) is 0 Å². The molecule has 2 saturated carbocycles. The average Bonchev–Trinajstić information content (AvgIpc) is 3.96. The fraction of sp³-hybridized carbons (Fsp3) is 0.528. The number of Topliss-reactive ketones (excluding diaryl/α,β-unsaturated/α-hetero) is 1. The number of ether oxygens (including phenoxy) is 2. The van der Waals surface area contributed by atoms with Crippen LogP contribution < -0.4 is 19.5 Å². The molecule has 12 nitrogen and oxygen atoms in total. The molecule has 4 atom stereocenters. The van der Waals surface area contributed by atoms with Gasteiger partial charge in [0.1, 0.15) is 28.3 Å². The van der Waals surface area contributed by atoms with E-state index in [0.717, 1.165) is 35.4 Å². The Kier molecular flexibility index (Phi) is 9.35. The summed E-state index contributed by atoms with van der Waals surface area (Å²) in [5.41, 5.74) is 1.11. The van der Waals surface area contributed by atoms with E-state index < -0.39 is 38.7 Å². The number of amides is 3. The average molecular weight is 722 g/mol. The molecular weight excluding hydrogens is 679 g/mol. The first-order valence-corrected chi connectivity index (χ1v) is 19.8. The zero-order valence-corrected chi connectivity index (χ0v) is 30.1. The quantitative estimate of drug-likeness (QED) is 0.293. The van der Waals surface area contributed by atoms with Gasteiger partial charge in [0.25, 0.3) is 0 Å². The van der Waals surface area contributed by atoms with Crippen LogP contribution in [0, 0.1) is 11.3 Å². The van der Waals surface area contributed by atoms with E-state index in [1.807, 2.05) is 41.8 Å². The summed E-state index contributed by atoms with van der Waals surface area (Å²) in [7, 11) is -2.20. The van der Waals surface area contributed by atoms with Crippen LogP contribution in [0.1, 0.15) is 76.8 Å². The Labute approximate surface area is 296 Å². The molecule has 0 unspecified atom stereocenters. The Morgan fingerprint density at radius 2 is 1.98 bits per heavy atom. The van der Waals surface area contributed by atoms with Crippen molar-refractivity contribution in [1.29, 1.82) is 0 Å². The molecule has 4 aliphatic rings. The summed E-state index contributed by atoms with van der Waals surface area (Å²) in [6.07, 6.45) is 7.24.